The summed E-state index contributed by atoms with van der Waals surface area (Å²) in [5, 5.41) is 12.6. The summed E-state index contributed by atoms with van der Waals surface area (Å²) in [6.45, 7) is 2.80. The Bertz CT molecular complexity index is 615. The highest BCUT2D eigenvalue weighted by Crippen LogP contribution is 2.30. The number of anilines is 1. The summed E-state index contributed by atoms with van der Waals surface area (Å²) >= 11 is 5.95. The predicted octanol–water partition coefficient (Wildman–Crippen LogP) is 2.32. The van der Waals surface area contributed by atoms with Crippen molar-refractivity contribution in [2.24, 2.45) is 0 Å². The molecule has 2 unspecified atom stereocenters. The van der Waals surface area contributed by atoms with Crippen LogP contribution in [0.3, 0.4) is 0 Å². The summed E-state index contributed by atoms with van der Waals surface area (Å²) in [7, 11) is 0. The summed E-state index contributed by atoms with van der Waals surface area (Å²) in [6, 6.07) is 5.69. The number of ether oxygens (including phenoxy) is 1. The van der Waals surface area contributed by atoms with Gasteiger partial charge in [0.2, 0.25) is 0 Å². The van der Waals surface area contributed by atoms with Gasteiger partial charge in [-0.15, -0.1) is 5.10 Å². The zero-order valence-corrected chi connectivity index (χ0v) is 11.9. The van der Waals surface area contributed by atoms with Crippen LogP contribution in [0, 0.1) is 0 Å². The van der Waals surface area contributed by atoms with Crippen LogP contribution >= 0.6 is 11.6 Å². The minimum Gasteiger partial charge on any atom is -0.398 e. The van der Waals surface area contributed by atoms with Crippen molar-refractivity contribution in [3.63, 3.8) is 0 Å². The number of nitrogen functional groups attached to an aromatic ring is 1. The lowest BCUT2D eigenvalue weighted by Gasteiger charge is -2.27. The molecular formula is C13H16ClN5O. The molecule has 3 rings (SSSR count). The third-order valence-corrected chi connectivity index (χ3v) is 3.89. The van der Waals surface area contributed by atoms with E-state index in [0.717, 1.165) is 25.0 Å². The Balaban J connectivity index is 1.95. The third kappa shape index (κ3) is 2.48. The molecule has 0 spiro atoms. The van der Waals surface area contributed by atoms with Gasteiger partial charge in [0, 0.05) is 12.2 Å². The SMILES string of the molecule is CC1CC(n2nnnc2-c2ccc(Cl)c(N)c2)CCO1. The van der Waals surface area contributed by atoms with Crippen LogP contribution in [0.1, 0.15) is 25.8 Å². The molecule has 1 aliphatic rings. The molecule has 20 heavy (non-hydrogen) atoms. The van der Waals surface area contributed by atoms with Gasteiger partial charge in [-0.1, -0.05) is 11.6 Å². The predicted molar refractivity (Wildman–Crippen MR) is 76.4 cm³/mol. The van der Waals surface area contributed by atoms with Gasteiger partial charge in [0.15, 0.2) is 5.82 Å². The second-order valence-corrected chi connectivity index (χ2v) is 5.45. The minimum atomic E-state index is 0.223. The normalized spacial score (nSPS) is 22.9. The van der Waals surface area contributed by atoms with Crippen LogP contribution in [0.5, 0.6) is 0 Å². The Labute approximate surface area is 121 Å². The maximum atomic E-state index is 5.95. The van der Waals surface area contributed by atoms with Crippen molar-refractivity contribution in [1.82, 2.24) is 20.2 Å². The van der Waals surface area contributed by atoms with Gasteiger partial charge in [-0.2, -0.15) is 0 Å². The standard InChI is InChI=1S/C13H16ClN5O/c1-8-6-10(4-5-20-8)19-13(16-17-18-19)9-2-3-11(14)12(15)7-9/h2-3,7-8,10H,4-6,15H2,1H3. The van der Waals surface area contributed by atoms with Crippen LogP contribution < -0.4 is 5.73 Å². The van der Waals surface area contributed by atoms with Crippen LogP contribution in [0.4, 0.5) is 5.69 Å². The highest BCUT2D eigenvalue weighted by Gasteiger charge is 2.24. The molecule has 6 nitrogen and oxygen atoms in total. The van der Waals surface area contributed by atoms with Crippen LogP contribution in [-0.4, -0.2) is 32.9 Å². The third-order valence-electron chi connectivity index (χ3n) is 3.55. The molecule has 1 saturated heterocycles. The van der Waals surface area contributed by atoms with Gasteiger partial charge in [-0.25, -0.2) is 4.68 Å². The number of nitrogens with two attached hydrogens (primary N) is 1. The Kier molecular flexibility index (Phi) is 3.58. The summed E-state index contributed by atoms with van der Waals surface area (Å²) in [6.07, 6.45) is 2.04. The Hall–Kier alpha value is -1.66. The molecule has 0 radical (unpaired) electrons. The van der Waals surface area contributed by atoms with Crippen molar-refractivity contribution in [2.75, 3.05) is 12.3 Å². The lowest BCUT2D eigenvalue weighted by molar-refractivity contribution is 0.00350. The molecule has 1 aromatic heterocycles. The van der Waals surface area contributed by atoms with Crippen LogP contribution in [0.2, 0.25) is 5.02 Å². The van der Waals surface area contributed by atoms with Gasteiger partial charge < -0.3 is 10.5 Å². The Morgan fingerprint density at radius 3 is 3.05 bits per heavy atom. The lowest BCUT2D eigenvalue weighted by atomic mass is 10.0. The summed E-state index contributed by atoms with van der Waals surface area (Å²) in [4.78, 5) is 0. The van der Waals surface area contributed by atoms with Gasteiger partial charge in [0.05, 0.1) is 22.9 Å². The van der Waals surface area contributed by atoms with Crippen molar-refractivity contribution in [3.05, 3.63) is 23.2 Å². The molecule has 2 heterocycles. The van der Waals surface area contributed by atoms with Gasteiger partial charge in [0.1, 0.15) is 0 Å². The number of halogens is 1. The highest BCUT2D eigenvalue weighted by atomic mass is 35.5. The summed E-state index contributed by atoms with van der Waals surface area (Å²) < 4.78 is 7.43. The quantitative estimate of drug-likeness (QED) is 0.860. The van der Waals surface area contributed by atoms with Crippen molar-refractivity contribution in [1.29, 1.82) is 0 Å². The van der Waals surface area contributed by atoms with E-state index in [4.69, 9.17) is 22.1 Å². The molecule has 0 bridgehead atoms. The van der Waals surface area contributed by atoms with E-state index < -0.39 is 0 Å². The average molecular weight is 294 g/mol. The van der Waals surface area contributed by atoms with Crippen molar-refractivity contribution < 1.29 is 4.74 Å². The van der Waals surface area contributed by atoms with Crippen LogP contribution in [-0.2, 0) is 4.74 Å². The smallest absolute Gasteiger partial charge is 0.182 e. The number of aromatic nitrogens is 4. The molecular weight excluding hydrogens is 278 g/mol. The molecule has 2 aromatic rings. The van der Waals surface area contributed by atoms with E-state index in [1.165, 1.54) is 0 Å². The number of hydrogen-bond donors (Lipinski definition) is 1. The molecule has 106 valence electrons. The number of tetrazole rings is 1. The van der Waals surface area contributed by atoms with E-state index in [9.17, 15) is 0 Å². The first kappa shape index (κ1) is 13.3. The maximum absolute atomic E-state index is 5.95. The van der Waals surface area contributed by atoms with Gasteiger partial charge in [-0.05, 0) is 48.4 Å². The fourth-order valence-electron chi connectivity index (χ4n) is 2.51. The number of rotatable bonds is 2. The summed E-state index contributed by atoms with van der Waals surface area (Å²) in [5.74, 6) is 0.715. The van der Waals surface area contributed by atoms with Gasteiger partial charge in [0.25, 0.3) is 0 Å². The van der Waals surface area contributed by atoms with Gasteiger partial charge in [-0.3, -0.25) is 0 Å². The lowest BCUT2D eigenvalue weighted by Crippen LogP contribution is -2.26. The molecule has 1 aliphatic heterocycles. The maximum Gasteiger partial charge on any atom is 0.182 e. The largest absolute Gasteiger partial charge is 0.398 e. The first-order valence-corrected chi connectivity index (χ1v) is 6.98. The van der Waals surface area contributed by atoms with E-state index in [1.54, 1.807) is 12.1 Å². The zero-order valence-electron chi connectivity index (χ0n) is 11.2. The second kappa shape index (κ2) is 5.38. The molecule has 1 fully saturated rings. The Morgan fingerprint density at radius 1 is 1.45 bits per heavy atom. The number of benzene rings is 1. The van der Waals surface area contributed by atoms with E-state index in [0.29, 0.717) is 16.5 Å². The zero-order chi connectivity index (χ0) is 14.1. The second-order valence-electron chi connectivity index (χ2n) is 5.04. The fraction of sp³-hybridized carbons (Fsp3) is 0.462. The average Bonchev–Trinajstić information content (AvgIpc) is 2.91. The number of hydrogen-bond acceptors (Lipinski definition) is 5. The fourth-order valence-corrected chi connectivity index (χ4v) is 2.63. The minimum absolute atomic E-state index is 0.223. The molecule has 0 aliphatic carbocycles. The first-order chi connectivity index (χ1) is 9.65. The van der Waals surface area contributed by atoms with Crippen molar-refractivity contribution >= 4 is 17.3 Å². The molecule has 2 N–H and O–H groups in total. The molecule has 1 aromatic carbocycles. The van der Waals surface area contributed by atoms with E-state index in [2.05, 4.69) is 22.4 Å². The van der Waals surface area contributed by atoms with Crippen molar-refractivity contribution in [3.8, 4) is 11.4 Å². The van der Waals surface area contributed by atoms with Crippen molar-refractivity contribution in [2.45, 2.75) is 31.9 Å². The first-order valence-electron chi connectivity index (χ1n) is 6.60. The monoisotopic (exact) mass is 293 g/mol. The molecule has 0 saturated carbocycles. The van der Waals surface area contributed by atoms with E-state index in [-0.39, 0.29) is 12.1 Å². The highest BCUT2D eigenvalue weighted by molar-refractivity contribution is 6.33. The topological polar surface area (TPSA) is 78.9 Å². The Morgan fingerprint density at radius 2 is 2.30 bits per heavy atom. The van der Waals surface area contributed by atoms with Crippen LogP contribution in [0.25, 0.3) is 11.4 Å². The van der Waals surface area contributed by atoms with Crippen LogP contribution in [0.15, 0.2) is 18.2 Å². The summed E-state index contributed by atoms with van der Waals surface area (Å²) in [5.41, 5.74) is 7.25. The van der Waals surface area contributed by atoms with E-state index >= 15 is 0 Å². The molecule has 0 amide bonds. The number of nitrogens with zero attached hydrogens (tertiary/aromatic N) is 4. The van der Waals surface area contributed by atoms with Gasteiger partial charge >= 0.3 is 0 Å². The molecule has 2 atom stereocenters. The molecule has 7 heteroatoms. The van der Waals surface area contributed by atoms with E-state index in [1.807, 2.05) is 10.7 Å².